The predicted octanol–water partition coefficient (Wildman–Crippen LogP) is 4.56. The van der Waals surface area contributed by atoms with E-state index in [0.717, 1.165) is 0 Å². The summed E-state index contributed by atoms with van der Waals surface area (Å²) in [7, 11) is 0. The first-order valence-electron chi connectivity index (χ1n) is 7.23. The zero-order valence-corrected chi connectivity index (χ0v) is 11.0. The standard InChI is InChI=1S/C15H29N/c1-2-3-4-5-6-7-9-12-15(16)13-10-8-11-14-15/h10,13H,2-9,11-12,14,16H2,1H3. The third kappa shape index (κ3) is 5.69. The van der Waals surface area contributed by atoms with Gasteiger partial charge in [-0.25, -0.2) is 0 Å². The Bertz CT molecular complexity index is 198. The maximum atomic E-state index is 6.33. The number of unbranched alkanes of at least 4 members (excludes halogenated alkanes) is 6. The second-order valence-electron chi connectivity index (χ2n) is 5.40. The van der Waals surface area contributed by atoms with Crippen molar-refractivity contribution in [3.8, 4) is 0 Å². The zero-order valence-electron chi connectivity index (χ0n) is 11.0. The highest BCUT2D eigenvalue weighted by Crippen LogP contribution is 2.25. The Morgan fingerprint density at radius 1 is 1.06 bits per heavy atom. The van der Waals surface area contributed by atoms with Crippen molar-refractivity contribution in [3.63, 3.8) is 0 Å². The summed E-state index contributed by atoms with van der Waals surface area (Å²) in [5.74, 6) is 0. The van der Waals surface area contributed by atoms with E-state index < -0.39 is 0 Å². The average Bonchev–Trinajstić information content (AvgIpc) is 2.29. The van der Waals surface area contributed by atoms with Crippen molar-refractivity contribution in [2.75, 3.05) is 0 Å². The van der Waals surface area contributed by atoms with Crippen molar-refractivity contribution in [2.45, 2.75) is 83.1 Å². The number of hydrogen-bond donors (Lipinski definition) is 1. The SMILES string of the molecule is CCCCCCCCCC1(N)C=CCCC1. The van der Waals surface area contributed by atoms with Crippen molar-refractivity contribution in [1.82, 2.24) is 0 Å². The largest absolute Gasteiger partial charge is 0.322 e. The van der Waals surface area contributed by atoms with Gasteiger partial charge in [0.1, 0.15) is 0 Å². The molecule has 1 aliphatic rings. The first kappa shape index (κ1) is 13.8. The van der Waals surface area contributed by atoms with Gasteiger partial charge in [-0.15, -0.1) is 0 Å². The van der Waals surface area contributed by atoms with Crippen LogP contribution in [0.3, 0.4) is 0 Å². The smallest absolute Gasteiger partial charge is 0.0339 e. The molecule has 0 saturated heterocycles. The lowest BCUT2D eigenvalue weighted by molar-refractivity contribution is 0.400. The summed E-state index contributed by atoms with van der Waals surface area (Å²) in [6.45, 7) is 2.27. The van der Waals surface area contributed by atoms with Gasteiger partial charge in [0.2, 0.25) is 0 Å². The van der Waals surface area contributed by atoms with Crippen LogP contribution >= 0.6 is 0 Å². The summed E-state index contributed by atoms with van der Waals surface area (Å²) in [4.78, 5) is 0. The minimum Gasteiger partial charge on any atom is -0.322 e. The second-order valence-corrected chi connectivity index (χ2v) is 5.40. The molecule has 0 saturated carbocycles. The fourth-order valence-electron chi connectivity index (χ4n) is 2.57. The molecule has 0 spiro atoms. The molecule has 1 heteroatoms. The van der Waals surface area contributed by atoms with Crippen LogP contribution in [-0.4, -0.2) is 5.54 Å². The van der Waals surface area contributed by atoms with Crippen LogP contribution in [0.4, 0.5) is 0 Å². The molecule has 1 nitrogen and oxygen atoms in total. The minimum atomic E-state index is 0.0433. The molecule has 0 bridgehead atoms. The zero-order chi connectivity index (χ0) is 11.7. The van der Waals surface area contributed by atoms with Crippen molar-refractivity contribution < 1.29 is 0 Å². The molecule has 94 valence electrons. The minimum absolute atomic E-state index is 0.0433. The summed E-state index contributed by atoms with van der Waals surface area (Å²) >= 11 is 0. The Labute approximate surface area is 101 Å². The van der Waals surface area contributed by atoms with Gasteiger partial charge in [-0.05, 0) is 25.7 Å². The summed E-state index contributed by atoms with van der Waals surface area (Å²) < 4.78 is 0. The number of hydrogen-bond acceptors (Lipinski definition) is 1. The molecule has 2 N–H and O–H groups in total. The first-order valence-corrected chi connectivity index (χ1v) is 7.23. The Morgan fingerprint density at radius 2 is 1.75 bits per heavy atom. The van der Waals surface area contributed by atoms with E-state index in [1.807, 2.05) is 0 Å². The Morgan fingerprint density at radius 3 is 2.38 bits per heavy atom. The number of nitrogens with two attached hydrogens (primary N) is 1. The summed E-state index contributed by atoms with van der Waals surface area (Å²) in [6.07, 6.45) is 19.1. The van der Waals surface area contributed by atoms with Crippen molar-refractivity contribution in [2.24, 2.45) is 5.73 Å². The maximum Gasteiger partial charge on any atom is 0.0339 e. The lowest BCUT2D eigenvalue weighted by Crippen LogP contribution is -2.38. The molecule has 1 rings (SSSR count). The molecule has 1 aliphatic carbocycles. The third-order valence-electron chi connectivity index (χ3n) is 3.71. The third-order valence-corrected chi connectivity index (χ3v) is 3.71. The van der Waals surface area contributed by atoms with Crippen LogP contribution in [0, 0.1) is 0 Å². The van der Waals surface area contributed by atoms with Gasteiger partial charge >= 0.3 is 0 Å². The molecule has 0 aromatic carbocycles. The molecule has 0 fully saturated rings. The molecular formula is C15H29N. The van der Waals surface area contributed by atoms with E-state index in [9.17, 15) is 0 Å². The van der Waals surface area contributed by atoms with E-state index in [-0.39, 0.29) is 5.54 Å². The van der Waals surface area contributed by atoms with Crippen LogP contribution in [0.25, 0.3) is 0 Å². The summed E-state index contributed by atoms with van der Waals surface area (Å²) in [6, 6.07) is 0. The van der Waals surface area contributed by atoms with Crippen molar-refractivity contribution in [1.29, 1.82) is 0 Å². The van der Waals surface area contributed by atoms with Gasteiger partial charge in [-0.1, -0.05) is 64.0 Å². The van der Waals surface area contributed by atoms with Crippen molar-refractivity contribution >= 4 is 0 Å². The Hall–Kier alpha value is -0.300. The van der Waals surface area contributed by atoms with E-state index in [0.29, 0.717) is 0 Å². The number of allylic oxidation sites excluding steroid dienone is 1. The van der Waals surface area contributed by atoms with Crippen LogP contribution < -0.4 is 5.73 Å². The fraction of sp³-hybridized carbons (Fsp3) is 0.867. The highest BCUT2D eigenvalue weighted by Gasteiger charge is 2.22. The quantitative estimate of drug-likeness (QED) is 0.473. The highest BCUT2D eigenvalue weighted by molar-refractivity contribution is 5.07. The van der Waals surface area contributed by atoms with Crippen LogP contribution in [0.15, 0.2) is 12.2 Å². The van der Waals surface area contributed by atoms with Crippen LogP contribution in [0.1, 0.15) is 77.6 Å². The van der Waals surface area contributed by atoms with Gasteiger partial charge in [-0.3, -0.25) is 0 Å². The van der Waals surface area contributed by atoms with E-state index in [1.165, 1.54) is 70.6 Å². The molecule has 0 amide bonds. The van der Waals surface area contributed by atoms with Gasteiger partial charge in [0.15, 0.2) is 0 Å². The highest BCUT2D eigenvalue weighted by atomic mass is 14.7. The maximum absolute atomic E-state index is 6.33. The van der Waals surface area contributed by atoms with Gasteiger partial charge in [-0.2, -0.15) is 0 Å². The average molecular weight is 223 g/mol. The van der Waals surface area contributed by atoms with Crippen LogP contribution in [0.5, 0.6) is 0 Å². The lowest BCUT2D eigenvalue weighted by atomic mass is 9.84. The Balaban J connectivity index is 1.98. The Kier molecular flexibility index (Phi) is 6.79. The normalized spacial score (nSPS) is 24.9. The van der Waals surface area contributed by atoms with Crippen LogP contribution in [0.2, 0.25) is 0 Å². The molecule has 1 atom stereocenters. The topological polar surface area (TPSA) is 26.0 Å². The van der Waals surface area contributed by atoms with Gasteiger partial charge < -0.3 is 5.73 Å². The first-order chi connectivity index (χ1) is 7.77. The number of rotatable bonds is 8. The fourth-order valence-corrected chi connectivity index (χ4v) is 2.57. The van der Waals surface area contributed by atoms with Gasteiger partial charge in [0.25, 0.3) is 0 Å². The molecule has 1 unspecified atom stereocenters. The summed E-state index contributed by atoms with van der Waals surface area (Å²) in [5, 5.41) is 0. The molecule has 0 aliphatic heterocycles. The van der Waals surface area contributed by atoms with Crippen molar-refractivity contribution in [3.05, 3.63) is 12.2 Å². The predicted molar refractivity (Wildman–Crippen MR) is 72.5 cm³/mol. The molecule has 0 aromatic rings. The molecule has 0 heterocycles. The van der Waals surface area contributed by atoms with Gasteiger partial charge in [0.05, 0.1) is 0 Å². The van der Waals surface area contributed by atoms with E-state index in [1.54, 1.807) is 0 Å². The van der Waals surface area contributed by atoms with Gasteiger partial charge in [0, 0.05) is 5.54 Å². The monoisotopic (exact) mass is 223 g/mol. The van der Waals surface area contributed by atoms with E-state index in [2.05, 4.69) is 19.1 Å². The van der Waals surface area contributed by atoms with Crippen LogP contribution in [-0.2, 0) is 0 Å². The molecule has 16 heavy (non-hydrogen) atoms. The molecular weight excluding hydrogens is 194 g/mol. The lowest BCUT2D eigenvalue weighted by Gasteiger charge is -2.28. The van der Waals surface area contributed by atoms with E-state index >= 15 is 0 Å². The molecule has 0 radical (unpaired) electrons. The van der Waals surface area contributed by atoms with E-state index in [4.69, 9.17) is 5.73 Å². The second kappa shape index (κ2) is 7.89. The summed E-state index contributed by atoms with van der Waals surface area (Å²) in [5.41, 5.74) is 6.38. The molecule has 0 aromatic heterocycles.